The second kappa shape index (κ2) is 8.67. The summed E-state index contributed by atoms with van der Waals surface area (Å²) in [5, 5.41) is 2.95. The summed E-state index contributed by atoms with van der Waals surface area (Å²) in [6.45, 7) is 5.15. The van der Waals surface area contributed by atoms with Gasteiger partial charge in [-0.3, -0.25) is 4.79 Å². The minimum atomic E-state index is -0.0431. The van der Waals surface area contributed by atoms with Crippen LogP contribution in [-0.2, 0) is 0 Å². The van der Waals surface area contributed by atoms with Gasteiger partial charge in [-0.2, -0.15) is 0 Å². The van der Waals surface area contributed by atoms with E-state index in [4.69, 9.17) is 0 Å². The zero-order valence-corrected chi connectivity index (χ0v) is 15.6. The van der Waals surface area contributed by atoms with Gasteiger partial charge in [0.15, 0.2) is 0 Å². The number of pyridine rings is 1. The molecule has 1 aromatic carbocycles. The number of hydrogen-bond acceptors (Lipinski definition) is 5. The van der Waals surface area contributed by atoms with Crippen molar-refractivity contribution >= 4 is 17.4 Å². The van der Waals surface area contributed by atoms with Crippen molar-refractivity contribution in [3.63, 3.8) is 0 Å². The highest BCUT2D eigenvalue weighted by molar-refractivity contribution is 5.94. The summed E-state index contributed by atoms with van der Waals surface area (Å²) < 4.78 is 0. The Morgan fingerprint density at radius 3 is 2.46 bits per heavy atom. The minimum absolute atomic E-state index is 0.0431. The molecule has 3 rings (SSSR count). The van der Waals surface area contributed by atoms with E-state index in [0.717, 1.165) is 38.5 Å². The number of carbonyl (C=O) groups is 1. The van der Waals surface area contributed by atoms with Crippen molar-refractivity contribution in [3.05, 3.63) is 54.2 Å². The zero-order valence-electron chi connectivity index (χ0n) is 15.6. The molecule has 1 aliphatic rings. The predicted molar refractivity (Wildman–Crippen MR) is 106 cm³/mol. The van der Waals surface area contributed by atoms with Crippen LogP contribution < -0.4 is 15.1 Å². The average Bonchev–Trinajstić information content (AvgIpc) is 2.68. The number of nitrogens with zero attached hydrogens (tertiary/aromatic N) is 4. The molecule has 0 aliphatic carbocycles. The van der Waals surface area contributed by atoms with Crippen LogP contribution in [0.15, 0.2) is 48.7 Å². The SMILES string of the molecule is CN(C)CCNC(=O)c1ccnc(N2CCN(c3ccccc3)CC2)c1. The number of carbonyl (C=O) groups excluding carboxylic acids is 1. The summed E-state index contributed by atoms with van der Waals surface area (Å²) in [6.07, 6.45) is 1.72. The molecule has 0 radical (unpaired) electrons. The molecule has 0 spiro atoms. The van der Waals surface area contributed by atoms with E-state index in [9.17, 15) is 4.79 Å². The Labute approximate surface area is 155 Å². The number of likely N-dealkylation sites (N-methyl/N-ethyl adjacent to an activating group) is 1. The number of aromatic nitrogens is 1. The summed E-state index contributed by atoms with van der Waals surface area (Å²) in [5.74, 6) is 0.830. The summed E-state index contributed by atoms with van der Waals surface area (Å²) >= 11 is 0. The van der Waals surface area contributed by atoms with E-state index in [1.807, 2.05) is 31.1 Å². The van der Waals surface area contributed by atoms with E-state index >= 15 is 0 Å². The number of anilines is 2. The highest BCUT2D eigenvalue weighted by Crippen LogP contribution is 2.19. The average molecular weight is 353 g/mol. The van der Waals surface area contributed by atoms with E-state index in [1.165, 1.54) is 5.69 Å². The highest BCUT2D eigenvalue weighted by atomic mass is 16.1. The van der Waals surface area contributed by atoms with Gasteiger partial charge >= 0.3 is 0 Å². The third kappa shape index (κ3) is 4.73. The molecule has 0 unspecified atom stereocenters. The first-order valence-corrected chi connectivity index (χ1v) is 9.07. The molecule has 0 saturated carbocycles. The van der Waals surface area contributed by atoms with Gasteiger partial charge in [-0.1, -0.05) is 18.2 Å². The number of hydrogen-bond donors (Lipinski definition) is 1. The maximum Gasteiger partial charge on any atom is 0.251 e. The van der Waals surface area contributed by atoms with E-state index in [0.29, 0.717) is 12.1 Å². The van der Waals surface area contributed by atoms with Crippen molar-refractivity contribution in [3.8, 4) is 0 Å². The maximum absolute atomic E-state index is 12.3. The summed E-state index contributed by atoms with van der Waals surface area (Å²) in [6, 6.07) is 14.1. The van der Waals surface area contributed by atoms with Crippen LogP contribution >= 0.6 is 0 Å². The van der Waals surface area contributed by atoms with Gasteiger partial charge in [0, 0.05) is 56.7 Å². The molecule has 1 fully saturated rings. The molecular formula is C20H27N5O. The fourth-order valence-electron chi connectivity index (χ4n) is 3.06. The van der Waals surface area contributed by atoms with Crippen LogP contribution in [0, 0.1) is 0 Å². The Morgan fingerprint density at radius 1 is 1.08 bits per heavy atom. The third-order valence-electron chi connectivity index (χ3n) is 4.58. The van der Waals surface area contributed by atoms with E-state index in [-0.39, 0.29) is 5.91 Å². The first-order valence-electron chi connectivity index (χ1n) is 9.07. The van der Waals surface area contributed by atoms with Crippen molar-refractivity contribution in [2.45, 2.75) is 0 Å². The lowest BCUT2D eigenvalue weighted by Gasteiger charge is -2.36. The maximum atomic E-state index is 12.3. The van der Waals surface area contributed by atoms with Gasteiger partial charge in [-0.15, -0.1) is 0 Å². The van der Waals surface area contributed by atoms with Gasteiger partial charge in [0.05, 0.1) is 0 Å². The number of para-hydroxylation sites is 1. The molecule has 0 bridgehead atoms. The van der Waals surface area contributed by atoms with Crippen LogP contribution in [0.25, 0.3) is 0 Å². The standard InChI is InChI=1S/C20H27N5O/c1-23(2)11-10-22-20(26)17-8-9-21-19(16-17)25-14-12-24(13-15-25)18-6-4-3-5-7-18/h3-9,16H,10-15H2,1-2H3,(H,22,26). The quantitative estimate of drug-likeness (QED) is 0.857. The van der Waals surface area contributed by atoms with Crippen LogP contribution in [0.1, 0.15) is 10.4 Å². The van der Waals surface area contributed by atoms with Crippen molar-refractivity contribution in [1.29, 1.82) is 0 Å². The topological polar surface area (TPSA) is 51.7 Å². The van der Waals surface area contributed by atoms with Gasteiger partial charge in [-0.05, 0) is 38.4 Å². The van der Waals surface area contributed by atoms with Gasteiger partial charge < -0.3 is 20.0 Å². The van der Waals surface area contributed by atoms with Crippen LogP contribution in [0.4, 0.5) is 11.5 Å². The molecule has 26 heavy (non-hydrogen) atoms. The molecule has 2 aromatic rings. The second-order valence-electron chi connectivity index (χ2n) is 6.77. The Morgan fingerprint density at radius 2 is 1.77 bits per heavy atom. The van der Waals surface area contributed by atoms with E-state index in [1.54, 1.807) is 12.3 Å². The summed E-state index contributed by atoms with van der Waals surface area (Å²) in [7, 11) is 3.98. The van der Waals surface area contributed by atoms with Gasteiger partial charge in [0.2, 0.25) is 0 Å². The number of rotatable bonds is 6. The second-order valence-corrected chi connectivity index (χ2v) is 6.77. The van der Waals surface area contributed by atoms with Crippen molar-refractivity contribution in [1.82, 2.24) is 15.2 Å². The first-order chi connectivity index (χ1) is 12.6. The Balaban J connectivity index is 1.58. The van der Waals surface area contributed by atoms with Crippen LogP contribution in [0.5, 0.6) is 0 Å². The predicted octanol–water partition coefficient (Wildman–Crippen LogP) is 1.70. The van der Waals surface area contributed by atoms with Crippen molar-refractivity contribution in [2.24, 2.45) is 0 Å². The minimum Gasteiger partial charge on any atom is -0.368 e. The van der Waals surface area contributed by atoms with Crippen LogP contribution in [0.3, 0.4) is 0 Å². The number of benzene rings is 1. The largest absolute Gasteiger partial charge is 0.368 e. The van der Waals surface area contributed by atoms with Crippen LogP contribution in [-0.4, -0.2) is 69.2 Å². The molecule has 1 amide bonds. The molecule has 138 valence electrons. The molecule has 1 N–H and O–H groups in total. The van der Waals surface area contributed by atoms with Crippen molar-refractivity contribution < 1.29 is 4.79 Å². The molecule has 1 saturated heterocycles. The Kier molecular flexibility index (Phi) is 6.07. The fourth-order valence-corrected chi connectivity index (χ4v) is 3.06. The van der Waals surface area contributed by atoms with Gasteiger partial charge in [-0.25, -0.2) is 4.98 Å². The zero-order chi connectivity index (χ0) is 18.4. The lowest BCUT2D eigenvalue weighted by molar-refractivity contribution is 0.0951. The lowest BCUT2D eigenvalue weighted by atomic mass is 10.2. The summed E-state index contributed by atoms with van der Waals surface area (Å²) in [4.78, 5) is 23.5. The first kappa shape index (κ1) is 18.2. The summed E-state index contributed by atoms with van der Waals surface area (Å²) in [5.41, 5.74) is 1.92. The molecular weight excluding hydrogens is 326 g/mol. The number of piperazine rings is 1. The molecule has 1 aliphatic heterocycles. The van der Waals surface area contributed by atoms with Gasteiger partial charge in [0.25, 0.3) is 5.91 Å². The molecule has 6 nitrogen and oxygen atoms in total. The normalized spacial score (nSPS) is 14.6. The monoisotopic (exact) mass is 353 g/mol. The Bertz CT molecular complexity index is 711. The molecule has 6 heteroatoms. The van der Waals surface area contributed by atoms with E-state index in [2.05, 4.69) is 44.4 Å². The molecule has 1 aromatic heterocycles. The highest BCUT2D eigenvalue weighted by Gasteiger charge is 2.19. The lowest BCUT2D eigenvalue weighted by Crippen LogP contribution is -2.46. The van der Waals surface area contributed by atoms with E-state index < -0.39 is 0 Å². The van der Waals surface area contributed by atoms with Crippen molar-refractivity contribution in [2.75, 3.05) is 63.2 Å². The molecule has 0 atom stereocenters. The van der Waals surface area contributed by atoms with Crippen LogP contribution in [0.2, 0.25) is 0 Å². The number of nitrogens with one attached hydrogen (secondary N) is 1. The van der Waals surface area contributed by atoms with Gasteiger partial charge in [0.1, 0.15) is 5.82 Å². The third-order valence-corrected chi connectivity index (χ3v) is 4.58. The number of amides is 1. The smallest absolute Gasteiger partial charge is 0.251 e. The Hall–Kier alpha value is -2.60. The fraction of sp³-hybridized carbons (Fsp3) is 0.400. The molecule has 2 heterocycles.